The maximum absolute atomic E-state index is 13.1. The molecule has 1 aromatic carbocycles. The van der Waals surface area contributed by atoms with E-state index in [1.54, 1.807) is 19.1 Å². The zero-order valence-corrected chi connectivity index (χ0v) is 12.6. The molecule has 3 rings (SSSR count). The summed E-state index contributed by atoms with van der Waals surface area (Å²) < 4.78 is 39.6. The summed E-state index contributed by atoms with van der Waals surface area (Å²) in [6, 6.07) is 7.94. The highest BCUT2D eigenvalue weighted by Crippen LogP contribution is 2.42. The second kappa shape index (κ2) is 5.25. The Hall–Kier alpha value is -2.59. The Bertz CT molecular complexity index is 1010. The predicted octanol–water partition coefficient (Wildman–Crippen LogP) is 4.46. The van der Waals surface area contributed by atoms with Crippen molar-refractivity contribution < 1.29 is 13.2 Å². The number of halogens is 3. The average Bonchev–Trinajstić information content (AvgIpc) is 2.90. The maximum Gasteiger partial charge on any atom is 0.417 e. The van der Waals surface area contributed by atoms with Gasteiger partial charge < -0.3 is 4.98 Å². The summed E-state index contributed by atoms with van der Waals surface area (Å²) in [7, 11) is 0. The zero-order valence-electron chi connectivity index (χ0n) is 11.8. The van der Waals surface area contributed by atoms with E-state index < -0.39 is 17.3 Å². The van der Waals surface area contributed by atoms with Crippen LogP contribution in [0.4, 0.5) is 13.2 Å². The van der Waals surface area contributed by atoms with Crippen molar-refractivity contribution in [1.29, 1.82) is 5.26 Å². The van der Waals surface area contributed by atoms with Crippen molar-refractivity contribution in [3.63, 3.8) is 0 Å². The molecule has 3 nitrogen and oxygen atoms in total. The van der Waals surface area contributed by atoms with Crippen molar-refractivity contribution in [2.75, 3.05) is 0 Å². The summed E-state index contributed by atoms with van der Waals surface area (Å²) in [6.07, 6.45) is -4.45. The lowest BCUT2D eigenvalue weighted by atomic mass is 9.99. The summed E-state index contributed by atoms with van der Waals surface area (Å²) in [4.78, 5) is 14.4. The number of nitrogens with zero attached hydrogens (tertiary/aromatic N) is 1. The van der Waals surface area contributed by atoms with E-state index in [-0.39, 0.29) is 10.9 Å². The molecule has 0 atom stereocenters. The molecule has 0 aliphatic heterocycles. The number of pyridine rings is 1. The van der Waals surface area contributed by atoms with Gasteiger partial charge in [0, 0.05) is 32.3 Å². The molecule has 0 fully saturated rings. The summed E-state index contributed by atoms with van der Waals surface area (Å²) >= 11 is 0.952. The summed E-state index contributed by atoms with van der Waals surface area (Å²) in [5.41, 5.74) is -0.0335. The Labute approximate surface area is 132 Å². The van der Waals surface area contributed by atoms with Crippen LogP contribution < -0.4 is 5.56 Å². The van der Waals surface area contributed by atoms with Gasteiger partial charge in [0.25, 0.3) is 5.56 Å². The first-order valence-corrected chi connectivity index (χ1v) is 7.42. The van der Waals surface area contributed by atoms with Crippen molar-refractivity contribution in [1.82, 2.24) is 4.98 Å². The van der Waals surface area contributed by atoms with Crippen LogP contribution >= 0.6 is 11.3 Å². The molecule has 2 aromatic heterocycles. The molecule has 7 heteroatoms. The molecule has 3 aromatic rings. The van der Waals surface area contributed by atoms with Crippen LogP contribution in [-0.4, -0.2) is 4.98 Å². The van der Waals surface area contributed by atoms with E-state index in [1.165, 1.54) is 12.1 Å². The Morgan fingerprint density at radius 2 is 2.00 bits per heavy atom. The van der Waals surface area contributed by atoms with Crippen LogP contribution in [0, 0.1) is 18.3 Å². The molecule has 0 saturated heterocycles. The monoisotopic (exact) mass is 334 g/mol. The van der Waals surface area contributed by atoms with Crippen molar-refractivity contribution in [3.8, 4) is 17.2 Å². The van der Waals surface area contributed by atoms with Gasteiger partial charge in [-0.1, -0.05) is 18.2 Å². The van der Waals surface area contributed by atoms with Crippen molar-refractivity contribution in [2.24, 2.45) is 0 Å². The van der Waals surface area contributed by atoms with E-state index in [1.807, 2.05) is 6.07 Å². The van der Waals surface area contributed by atoms with Gasteiger partial charge in [-0.15, -0.1) is 11.3 Å². The molecule has 116 valence electrons. The van der Waals surface area contributed by atoms with Crippen LogP contribution in [0.2, 0.25) is 0 Å². The number of aromatic nitrogens is 1. The zero-order chi connectivity index (χ0) is 16.8. The van der Waals surface area contributed by atoms with Gasteiger partial charge in [-0.25, -0.2) is 0 Å². The van der Waals surface area contributed by atoms with Gasteiger partial charge in [0.1, 0.15) is 11.6 Å². The predicted molar refractivity (Wildman–Crippen MR) is 82.3 cm³/mol. The largest absolute Gasteiger partial charge is 0.417 e. The minimum atomic E-state index is -4.45. The van der Waals surface area contributed by atoms with E-state index in [2.05, 4.69) is 4.98 Å². The highest BCUT2D eigenvalue weighted by atomic mass is 32.1. The minimum Gasteiger partial charge on any atom is -0.325 e. The molecule has 0 saturated carbocycles. The first-order chi connectivity index (χ1) is 10.8. The number of alkyl halides is 3. The topological polar surface area (TPSA) is 56.6 Å². The normalized spacial score (nSPS) is 11.6. The molecule has 2 heterocycles. The Morgan fingerprint density at radius 3 is 2.65 bits per heavy atom. The Kier molecular flexibility index (Phi) is 3.49. The number of nitriles is 1. The van der Waals surface area contributed by atoms with E-state index in [9.17, 15) is 23.2 Å². The minimum absolute atomic E-state index is 0.0711. The second-order valence-corrected chi connectivity index (χ2v) is 5.89. The molecule has 0 aliphatic carbocycles. The Balaban J connectivity index is 2.38. The smallest absolute Gasteiger partial charge is 0.325 e. The van der Waals surface area contributed by atoms with Crippen LogP contribution in [0.15, 0.2) is 34.4 Å². The fourth-order valence-corrected chi connectivity index (χ4v) is 3.61. The number of hydrogen-bond acceptors (Lipinski definition) is 3. The molecule has 0 aliphatic rings. The first kappa shape index (κ1) is 15.3. The third-order valence-corrected chi connectivity index (χ3v) is 4.50. The lowest BCUT2D eigenvalue weighted by Crippen LogP contribution is -2.12. The van der Waals surface area contributed by atoms with Crippen LogP contribution in [0.1, 0.15) is 16.8 Å². The third-order valence-electron chi connectivity index (χ3n) is 3.48. The van der Waals surface area contributed by atoms with Crippen molar-refractivity contribution >= 4 is 21.4 Å². The standard InChI is InChI=1S/C16H9F3N2OS/c1-8-5-11(12(6-20)15(22)21-8)9-3-2-4-10-13(16(17,18)19)7-23-14(9)10/h2-5,7H,1H3,(H,21,22). The van der Waals surface area contributed by atoms with Crippen LogP contribution in [-0.2, 0) is 6.18 Å². The van der Waals surface area contributed by atoms with E-state index in [0.717, 1.165) is 16.7 Å². The number of aryl methyl sites for hydroxylation is 1. The number of benzene rings is 1. The van der Waals surface area contributed by atoms with Gasteiger partial charge >= 0.3 is 6.18 Å². The number of H-pyrrole nitrogens is 1. The average molecular weight is 334 g/mol. The van der Waals surface area contributed by atoms with E-state index >= 15 is 0 Å². The molecule has 0 unspecified atom stereocenters. The van der Waals surface area contributed by atoms with Crippen LogP contribution in [0.5, 0.6) is 0 Å². The van der Waals surface area contributed by atoms with Crippen molar-refractivity contribution in [3.05, 3.63) is 56.8 Å². The lowest BCUT2D eigenvalue weighted by molar-refractivity contribution is -0.136. The van der Waals surface area contributed by atoms with Gasteiger partial charge in [-0.2, -0.15) is 18.4 Å². The molecule has 0 radical (unpaired) electrons. The number of aromatic amines is 1. The van der Waals surface area contributed by atoms with Crippen LogP contribution in [0.3, 0.4) is 0 Å². The molecule has 0 spiro atoms. The number of hydrogen-bond donors (Lipinski definition) is 1. The summed E-state index contributed by atoms with van der Waals surface area (Å²) in [5.74, 6) is 0. The molecule has 1 N–H and O–H groups in total. The van der Waals surface area contributed by atoms with Gasteiger partial charge in [0.05, 0.1) is 5.56 Å². The van der Waals surface area contributed by atoms with E-state index in [0.29, 0.717) is 21.5 Å². The third kappa shape index (κ3) is 2.51. The van der Waals surface area contributed by atoms with Gasteiger partial charge in [-0.3, -0.25) is 4.79 Å². The molecule has 0 amide bonds. The number of thiophene rings is 1. The lowest BCUT2D eigenvalue weighted by Gasteiger charge is -2.08. The molecular weight excluding hydrogens is 325 g/mol. The molecular formula is C16H9F3N2OS. The van der Waals surface area contributed by atoms with Crippen molar-refractivity contribution in [2.45, 2.75) is 13.1 Å². The molecule has 23 heavy (non-hydrogen) atoms. The van der Waals surface area contributed by atoms with E-state index in [4.69, 9.17) is 0 Å². The first-order valence-electron chi connectivity index (χ1n) is 6.54. The highest BCUT2D eigenvalue weighted by Gasteiger charge is 2.34. The maximum atomic E-state index is 13.1. The molecule has 0 bridgehead atoms. The highest BCUT2D eigenvalue weighted by molar-refractivity contribution is 7.18. The van der Waals surface area contributed by atoms with Gasteiger partial charge in [0.2, 0.25) is 0 Å². The quantitative estimate of drug-likeness (QED) is 0.714. The van der Waals surface area contributed by atoms with Crippen LogP contribution in [0.25, 0.3) is 21.2 Å². The van der Waals surface area contributed by atoms with Gasteiger partial charge in [0.15, 0.2) is 0 Å². The summed E-state index contributed by atoms with van der Waals surface area (Å²) in [6.45, 7) is 1.65. The number of rotatable bonds is 1. The number of nitrogens with one attached hydrogen (secondary N) is 1. The summed E-state index contributed by atoms with van der Waals surface area (Å²) in [5, 5.41) is 10.3. The SMILES string of the molecule is Cc1cc(-c2cccc3c(C(F)(F)F)csc23)c(C#N)c(=O)[nH]1. The second-order valence-electron chi connectivity index (χ2n) is 5.01. The fourth-order valence-electron chi connectivity index (χ4n) is 2.50. The fraction of sp³-hybridized carbons (Fsp3) is 0.125. The number of fused-ring (bicyclic) bond motifs is 1. The van der Waals surface area contributed by atoms with Gasteiger partial charge in [-0.05, 0) is 13.0 Å². The Morgan fingerprint density at radius 1 is 1.26 bits per heavy atom.